The number of ether oxygens (including phenoxy) is 6. The largest absolute Gasteiger partial charge is 0.497 e. The summed E-state index contributed by atoms with van der Waals surface area (Å²) in [5.74, 6) is 4.87. The molecule has 9 heteroatoms. The summed E-state index contributed by atoms with van der Waals surface area (Å²) in [7, 11) is 4.86. The van der Waals surface area contributed by atoms with Gasteiger partial charge in [-0.25, -0.2) is 15.0 Å². The Hall–Kier alpha value is -5.31. The van der Waals surface area contributed by atoms with Crippen molar-refractivity contribution in [2.24, 2.45) is 0 Å². The Morgan fingerprint density at radius 3 is 0.958 bits per heavy atom. The average molecular weight is 652 g/mol. The van der Waals surface area contributed by atoms with Crippen LogP contribution in [0.25, 0.3) is 34.2 Å². The van der Waals surface area contributed by atoms with Gasteiger partial charge in [-0.1, -0.05) is 16.7 Å². The van der Waals surface area contributed by atoms with Gasteiger partial charge < -0.3 is 28.4 Å². The normalized spacial score (nSPS) is 10.4. The summed E-state index contributed by atoms with van der Waals surface area (Å²) in [5.41, 5.74) is 5.44. The van der Waals surface area contributed by atoms with Gasteiger partial charge in [-0.3, -0.25) is 0 Å². The number of hydrogen-bond donors (Lipinski definition) is 0. The van der Waals surface area contributed by atoms with Crippen LogP contribution in [0.15, 0.2) is 89.5 Å². The molecular formula is C39H45N3O6. The smallest absolute Gasteiger partial charge is 0.167 e. The van der Waals surface area contributed by atoms with E-state index in [4.69, 9.17) is 43.4 Å². The highest BCUT2D eigenvalue weighted by Crippen LogP contribution is 2.39. The maximum atomic E-state index is 6.24. The van der Waals surface area contributed by atoms with Gasteiger partial charge in [-0.05, 0) is 96.2 Å². The molecule has 0 saturated heterocycles. The van der Waals surface area contributed by atoms with Gasteiger partial charge in [0.05, 0.1) is 38.0 Å². The van der Waals surface area contributed by atoms with Gasteiger partial charge in [-0.15, -0.1) is 0 Å². The lowest BCUT2D eigenvalue weighted by atomic mass is 10.1. The van der Waals surface area contributed by atoms with Gasteiger partial charge in [0.1, 0.15) is 54.3 Å². The number of aromatic nitrogens is 3. The minimum absolute atomic E-state index is 0.370. The highest BCUT2D eigenvalue weighted by atomic mass is 16.5. The molecule has 1 heterocycles. The van der Waals surface area contributed by atoms with E-state index in [1.165, 1.54) is 0 Å². The van der Waals surface area contributed by atoms with Crippen molar-refractivity contribution < 1.29 is 28.4 Å². The third kappa shape index (κ3) is 9.61. The molecule has 0 unspecified atom stereocenters. The fraction of sp³-hybridized carbons (Fsp3) is 0.308. The maximum absolute atomic E-state index is 6.24. The van der Waals surface area contributed by atoms with E-state index in [0.29, 0.717) is 88.5 Å². The second-order valence-electron chi connectivity index (χ2n) is 11.7. The minimum atomic E-state index is 0.370. The number of methoxy groups -OCH3 is 3. The van der Waals surface area contributed by atoms with Crippen molar-refractivity contribution in [3.05, 3.63) is 89.5 Å². The molecule has 9 nitrogen and oxygen atoms in total. The molecule has 1 aromatic heterocycles. The third-order valence-electron chi connectivity index (χ3n) is 7.12. The molecule has 0 saturated carbocycles. The summed E-state index contributed by atoms with van der Waals surface area (Å²) < 4.78 is 35.3. The molecule has 0 bridgehead atoms. The van der Waals surface area contributed by atoms with Crippen molar-refractivity contribution >= 4 is 0 Å². The molecule has 3 aromatic carbocycles. The van der Waals surface area contributed by atoms with Crippen LogP contribution in [0.3, 0.4) is 0 Å². The van der Waals surface area contributed by atoms with Gasteiger partial charge in [0.2, 0.25) is 0 Å². The molecule has 0 aliphatic heterocycles. The molecule has 0 radical (unpaired) electrons. The van der Waals surface area contributed by atoms with E-state index < -0.39 is 0 Å². The highest BCUT2D eigenvalue weighted by molar-refractivity contribution is 5.75. The first kappa shape index (κ1) is 35.5. The Kier molecular flexibility index (Phi) is 12.6. The molecule has 0 N–H and O–H groups in total. The Bertz CT molecular complexity index is 1580. The zero-order valence-electron chi connectivity index (χ0n) is 29.3. The van der Waals surface area contributed by atoms with Crippen LogP contribution >= 0.6 is 0 Å². The van der Waals surface area contributed by atoms with Crippen molar-refractivity contribution in [3.8, 4) is 68.7 Å². The standard InChI is InChI=1S/C39H45N3O6/c1-25(2)16-19-46-34-22-28(43-7)10-13-31(34)37-40-38(32-14-11-29(44-8)23-35(32)47-20-17-26(3)4)42-39(41-37)33-15-12-30(45-9)24-36(33)48-21-18-27(5)6/h10-18,22-24H,19-21H2,1-9H3. The molecule has 4 aromatic rings. The van der Waals surface area contributed by atoms with E-state index >= 15 is 0 Å². The van der Waals surface area contributed by atoms with Gasteiger partial charge >= 0.3 is 0 Å². The third-order valence-corrected chi connectivity index (χ3v) is 7.12. The first-order valence-corrected chi connectivity index (χ1v) is 15.7. The monoisotopic (exact) mass is 651 g/mol. The molecule has 0 spiro atoms. The summed E-state index contributed by atoms with van der Waals surface area (Å²) in [6, 6.07) is 16.7. The van der Waals surface area contributed by atoms with Gasteiger partial charge in [0.25, 0.3) is 0 Å². The quantitative estimate of drug-likeness (QED) is 0.117. The number of nitrogens with zero attached hydrogens (tertiary/aromatic N) is 3. The number of hydrogen-bond acceptors (Lipinski definition) is 9. The van der Waals surface area contributed by atoms with E-state index in [1.54, 1.807) is 21.3 Å². The highest BCUT2D eigenvalue weighted by Gasteiger charge is 2.21. The van der Waals surface area contributed by atoms with Crippen molar-refractivity contribution in [1.82, 2.24) is 15.0 Å². The summed E-state index contributed by atoms with van der Waals surface area (Å²) in [6.07, 6.45) is 6.02. The van der Waals surface area contributed by atoms with Crippen molar-refractivity contribution in [2.75, 3.05) is 41.2 Å². The van der Waals surface area contributed by atoms with Gasteiger partial charge in [0.15, 0.2) is 17.5 Å². The summed E-state index contributed by atoms with van der Waals surface area (Å²) in [5, 5.41) is 0. The summed E-state index contributed by atoms with van der Waals surface area (Å²) in [4.78, 5) is 15.0. The Morgan fingerprint density at radius 1 is 0.458 bits per heavy atom. The molecular weight excluding hydrogens is 606 g/mol. The van der Waals surface area contributed by atoms with E-state index in [2.05, 4.69) is 0 Å². The Labute approximate surface area is 283 Å². The van der Waals surface area contributed by atoms with Crippen LogP contribution < -0.4 is 28.4 Å². The Morgan fingerprint density at radius 2 is 0.729 bits per heavy atom. The lowest BCUT2D eigenvalue weighted by molar-refractivity contribution is 0.357. The lowest BCUT2D eigenvalue weighted by Crippen LogP contribution is -2.05. The topological polar surface area (TPSA) is 94.1 Å². The average Bonchev–Trinajstić information content (AvgIpc) is 3.07. The first-order valence-electron chi connectivity index (χ1n) is 15.7. The molecule has 0 amide bonds. The molecule has 4 rings (SSSR count). The van der Waals surface area contributed by atoms with E-state index in [-0.39, 0.29) is 0 Å². The van der Waals surface area contributed by atoms with E-state index in [0.717, 1.165) is 16.7 Å². The van der Waals surface area contributed by atoms with Crippen LogP contribution in [-0.4, -0.2) is 56.1 Å². The molecule has 0 atom stereocenters. The maximum Gasteiger partial charge on any atom is 0.167 e. The predicted octanol–water partition coefficient (Wildman–Crippen LogP) is 8.93. The van der Waals surface area contributed by atoms with Gasteiger partial charge in [0, 0.05) is 18.2 Å². The molecule has 252 valence electrons. The molecule has 0 fully saturated rings. The van der Waals surface area contributed by atoms with Crippen LogP contribution in [0.2, 0.25) is 0 Å². The van der Waals surface area contributed by atoms with Crippen LogP contribution in [-0.2, 0) is 0 Å². The number of benzene rings is 3. The van der Waals surface area contributed by atoms with Crippen molar-refractivity contribution in [1.29, 1.82) is 0 Å². The number of rotatable bonds is 15. The van der Waals surface area contributed by atoms with Crippen LogP contribution in [0.1, 0.15) is 41.5 Å². The van der Waals surface area contributed by atoms with Crippen LogP contribution in [0, 0.1) is 0 Å². The molecule has 0 aliphatic rings. The van der Waals surface area contributed by atoms with Crippen LogP contribution in [0.4, 0.5) is 0 Å². The summed E-state index contributed by atoms with van der Waals surface area (Å²) in [6.45, 7) is 13.3. The minimum Gasteiger partial charge on any atom is -0.497 e. The fourth-order valence-electron chi connectivity index (χ4n) is 4.43. The van der Waals surface area contributed by atoms with E-state index in [9.17, 15) is 0 Å². The second-order valence-corrected chi connectivity index (χ2v) is 11.7. The first-order chi connectivity index (χ1) is 23.1. The van der Waals surface area contributed by atoms with Gasteiger partial charge in [-0.2, -0.15) is 0 Å². The predicted molar refractivity (Wildman–Crippen MR) is 191 cm³/mol. The van der Waals surface area contributed by atoms with Crippen LogP contribution in [0.5, 0.6) is 34.5 Å². The zero-order chi connectivity index (χ0) is 34.6. The summed E-state index contributed by atoms with van der Waals surface area (Å²) >= 11 is 0. The van der Waals surface area contributed by atoms with Crippen molar-refractivity contribution in [3.63, 3.8) is 0 Å². The lowest BCUT2D eigenvalue weighted by Gasteiger charge is -2.16. The zero-order valence-corrected chi connectivity index (χ0v) is 29.3. The molecule has 0 aliphatic carbocycles. The fourth-order valence-corrected chi connectivity index (χ4v) is 4.43. The second kappa shape index (κ2) is 17.0. The molecule has 48 heavy (non-hydrogen) atoms. The van der Waals surface area contributed by atoms with E-state index in [1.807, 2.05) is 114 Å². The Balaban J connectivity index is 1.98. The SMILES string of the molecule is COc1ccc(-c2nc(-c3ccc(OC)cc3OCC=C(C)C)nc(-c3ccc(OC)cc3OCC=C(C)C)n2)c(OCC=C(C)C)c1. The van der Waals surface area contributed by atoms with Crippen molar-refractivity contribution in [2.45, 2.75) is 41.5 Å². The number of allylic oxidation sites excluding steroid dienone is 3.